The SMILES string of the molecule is COC(=O)[C@H]1CCCN(C(=O)c2cccn2C)C1. The third kappa shape index (κ3) is 2.39. The third-order valence-electron chi connectivity index (χ3n) is 3.41. The van der Waals surface area contributed by atoms with Crippen molar-refractivity contribution in [2.75, 3.05) is 20.2 Å². The molecule has 5 nitrogen and oxygen atoms in total. The largest absolute Gasteiger partial charge is 0.469 e. The lowest BCUT2D eigenvalue weighted by Crippen LogP contribution is -2.43. The number of hydrogen-bond acceptors (Lipinski definition) is 3. The lowest BCUT2D eigenvalue weighted by molar-refractivity contribution is -0.146. The second-order valence-corrected chi connectivity index (χ2v) is 4.62. The summed E-state index contributed by atoms with van der Waals surface area (Å²) in [5.41, 5.74) is 0.653. The Hall–Kier alpha value is -1.78. The molecule has 1 fully saturated rings. The number of ether oxygens (including phenoxy) is 1. The third-order valence-corrected chi connectivity index (χ3v) is 3.41. The van der Waals surface area contributed by atoms with Crippen LogP contribution in [0.2, 0.25) is 0 Å². The van der Waals surface area contributed by atoms with Crippen LogP contribution in [0.25, 0.3) is 0 Å². The Morgan fingerprint density at radius 1 is 1.44 bits per heavy atom. The number of piperidine rings is 1. The first-order valence-electron chi connectivity index (χ1n) is 6.12. The molecule has 2 heterocycles. The maximum absolute atomic E-state index is 12.3. The van der Waals surface area contributed by atoms with Gasteiger partial charge in [0.15, 0.2) is 0 Å². The first kappa shape index (κ1) is 12.7. The number of carbonyl (C=O) groups excluding carboxylic acids is 2. The van der Waals surface area contributed by atoms with Gasteiger partial charge >= 0.3 is 5.97 Å². The first-order chi connectivity index (χ1) is 8.63. The van der Waals surface area contributed by atoms with E-state index in [1.54, 1.807) is 15.5 Å². The molecule has 0 saturated carbocycles. The smallest absolute Gasteiger partial charge is 0.310 e. The number of nitrogens with zero attached hydrogens (tertiary/aromatic N) is 2. The number of carbonyl (C=O) groups is 2. The number of esters is 1. The van der Waals surface area contributed by atoms with Crippen molar-refractivity contribution in [3.05, 3.63) is 24.0 Å². The Balaban J connectivity index is 2.07. The average Bonchev–Trinajstić information content (AvgIpc) is 2.83. The van der Waals surface area contributed by atoms with Crippen molar-refractivity contribution in [3.63, 3.8) is 0 Å². The summed E-state index contributed by atoms with van der Waals surface area (Å²) in [5.74, 6) is -0.427. The minimum Gasteiger partial charge on any atom is -0.469 e. The van der Waals surface area contributed by atoms with Gasteiger partial charge in [0.1, 0.15) is 5.69 Å². The van der Waals surface area contributed by atoms with Crippen molar-refractivity contribution in [3.8, 4) is 0 Å². The van der Waals surface area contributed by atoms with Gasteiger partial charge in [-0.2, -0.15) is 0 Å². The number of likely N-dealkylation sites (tertiary alicyclic amines) is 1. The van der Waals surface area contributed by atoms with Crippen LogP contribution >= 0.6 is 0 Å². The number of aromatic nitrogens is 1. The zero-order chi connectivity index (χ0) is 13.1. The standard InChI is InChI=1S/C13H18N2O3/c1-14-7-4-6-11(14)12(16)15-8-3-5-10(9-15)13(17)18-2/h4,6-7,10H,3,5,8-9H2,1-2H3/t10-/m0/s1. The van der Waals surface area contributed by atoms with Crippen LogP contribution in [0.3, 0.4) is 0 Å². The van der Waals surface area contributed by atoms with E-state index < -0.39 is 0 Å². The first-order valence-corrected chi connectivity index (χ1v) is 6.12. The molecule has 0 N–H and O–H groups in total. The molecule has 0 unspecified atom stereocenters. The van der Waals surface area contributed by atoms with Crippen molar-refractivity contribution in [1.29, 1.82) is 0 Å². The summed E-state index contributed by atoms with van der Waals surface area (Å²) in [7, 11) is 3.23. The molecule has 1 aliphatic rings. The van der Waals surface area contributed by atoms with Crippen molar-refractivity contribution in [2.45, 2.75) is 12.8 Å². The molecule has 1 aliphatic heterocycles. The zero-order valence-electron chi connectivity index (χ0n) is 10.8. The maximum Gasteiger partial charge on any atom is 0.310 e. The van der Waals surface area contributed by atoms with Gasteiger partial charge in [-0.3, -0.25) is 9.59 Å². The van der Waals surface area contributed by atoms with Crippen molar-refractivity contribution in [2.24, 2.45) is 13.0 Å². The quantitative estimate of drug-likeness (QED) is 0.737. The van der Waals surface area contributed by atoms with E-state index in [4.69, 9.17) is 4.74 Å². The van der Waals surface area contributed by atoms with Crippen LogP contribution in [0.15, 0.2) is 18.3 Å². The van der Waals surface area contributed by atoms with E-state index in [1.807, 2.05) is 19.3 Å². The van der Waals surface area contributed by atoms with E-state index in [2.05, 4.69) is 0 Å². The number of aryl methyl sites for hydroxylation is 1. The molecule has 98 valence electrons. The predicted molar refractivity (Wildman–Crippen MR) is 66.1 cm³/mol. The molecule has 1 saturated heterocycles. The molecule has 0 aromatic carbocycles. The van der Waals surface area contributed by atoms with E-state index in [0.717, 1.165) is 12.8 Å². The van der Waals surface area contributed by atoms with E-state index in [9.17, 15) is 9.59 Å². The molecule has 1 amide bonds. The van der Waals surface area contributed by atoms with Crippen LogP contribution in [0, 0.1) is 5.92 Å². The molecule has 1 aromatic rings. The Morgan fingerprint density at radius 2 is 2.22 bits per heavy atom. The summed E-state index contributed by atoms with van der Waals surface area (Å²) in [6, 6.07) is 3.64. The molecule has 0 spiro atoms. The van der Waals surface area contributed by atoms with E-state index in [1.165, 1.54) is 7.11 Å². The van der Waals surface area contributed by atoms with Gasteiger partial charge in [-0.25, -0.2) is 0 Å². The van der Waals surface area contributed by atoms with Crippen LogP contribution in [-0.4, -0.2) is 41.5 Å². The summed E-state index contributed by atoms with van der Waals surface area (Å²) in [5, 5.41) is 0. The van der Waals surface area contributed by atoms with E-state index in [0.29, 0.717) is 18.8 Å². The van der Waals surface area contributed by atoms with Crippen molar-refractivity contribution < 1.29 is 14.3 Å². The number of rotatable bonds is 2. The van der Waals surface area contributed by atoms with Crippen molar-refractivity contribution in [1.82, 2.24) is 9.47 Å². The summed E-state index contributed by atoms with van der Waals surface area (Å²) >= 11 is 0. The highest BCUT2D eigenvalue weighted by molar-refractivity contribution is 5.93. The lowest BCUT2D eigenvalue weighted by atomic mass is 9.98. The Labute approximate surface area is 106 Å². The molecule has 0 bridgehead atoms. The highest BCUT2D eigenvalue weighted by Crippen LogP contribution is 2.19. The number of hydrogen-bond donors (Lipinski definition) is 0. The summed E-state index contributed by atoms with van der Waals surface area (Å²) in [6.45, 7) is 1.16. The van der Waals surface area contributed by atoms with E-state index >= 15 is 0 Å². The maximum atomic E-state index is 12.3. The van der Waals surface area contributed by atoms with Crippen LogP contribution in [0.5, 0.6) is 0 Å². The average molecular weight is 250 g/mol. The van der Waals surface area contributed by atoms with Gasteiger partial charge in [0, 0.05) is 26.3 Å². The van der Waals surface area contributed by atoms with Crippen LogP contribution in [0.1, 0.15) is 23.3 Å². The Morgan fingerprint density at radius 3 is 2.83 bits per heavy atom. The van der Waals surface area contributed by atoms with Crippen molar-refractivity contribution >= 4 is 11.9 Å². The Bertz CT molecular complexity index is 453. The number of amides is 1. The van der Waals surface area contributed by atoms with Crippen LogP contribution in [-0.2, 0) is 16.6 Å². The normalized spacial score (nSPS) is 19.7. The minimum atomic E-state index is -0.223. The lowest BCUT2D eigenvalue weighted by Gasteiger charge is -2.31. The summed E-state index contributed by atoms with van der Waals surface area (Å²) in [6.07, 6.45) is 3.48. The topological polar surface area (TPSA) is 51.5 Å². The Kier molecular flexibility index (Phi) is 3.69. The van der Waals surface area contributed by atoms with Gasteiger partial charge in [0.2, 0.25) is 0 Å². The predicted octanol–water partition coefficient (Wildman–Crippen LogP) is 1.05. The zero-order valence-corrected chi connectivity index (χ0v) is 10.8. The van der Waals surface area contributed by atoms with Gasteiger partial charge in [0.25, 0.3) is 5.91 Å². The fourth-order valence-electron chi connectivity index (χ4n) is 2.37. The molecule has 1 aromatic heterocycles. The minimum absolute atomic E-state index is 0.0175. The molecule has 0 radical (unpaired) electrons. The second kappa shape index (κ2) is 5.25. The number of methoxy groups -OCH3 is 1. The van der Waals surface area contributed by atoms with Gasteiger partial charge in [0.05, 0.1) is 13.0 Å². The fraction of sp³-hybridized carbons (Fsp3) is 0.538. The van der Waals surface area contributed by atoms with Crippen LogP contribution < -0.4 is 0 Å². The monoisotopic (exact) mass is 250 g/mol. The molecule has 18 heavy (non-hydrogen) atoms. The van der Waals surface area contributed by atoms with Gasteiger partial charge in [-0.05, 0) is 25.0 Å². The van der Waals surface area contributed by atoms with E-state index in [-0.39, 0.29) is 17.8 Å². The fourth-order valence-corrected chi connectivity index (χ4v) is 2.37. The van der Waals surface area contributed by atoms with Gasteiger partial charge in [-0.15, -0.1) is 0 Å². The van der Waals surface area contributed by atoms with Crippen LogP contribution in [0.4, 0.5) is 0 Å². The molecular formula is C13H18N2O3. The second-order valence-electron chi connectivity index (χ2n) is 4.62. The summed E-state index contributed by atoms with van der Waals surface area (Å²) in [4.78, 5) is 25.6. The molecule has 2 rings (SSSR count). The summed E-state index contributed by atoms with van der Waals surface area (Å²) < 4.78 is 6.55. The molecule has 0 aliphatic carbocycles. The molecular weight excluding hydrogens is 232 g/mol. The molecule has 1 atom stereocenters. The molecule has 5 heteroatoms. The van der Waals surface area contributed by atoms with Gasteiger partial charge in [-0.1, -0.05) is 0 Å². The van der Waals surface area contributed by atoms with Gasteiger partial charge < -0.3 is 14.2 Å². The highest BCUT2D eigenvalue weighted by atomic mass is 16.5. The highest BCUT2D eigenvalue weighted by Gasteiger charge is 2.30.